The van der Waals surface area contributed by atoms with E-state index >= 15 is 0 Å². The molecule has 2 heterocycles. The van der Waals surface area contributed by atoms with Gasteiger partial charge in [0.25, 0.3) is 0 Å². The van der Waals surface area contributed by atoms with E-state index in [0.717, 1.165) is 52.5 Å². The standard InChI is InChI=1S/C9H21N5O/c10-14-4-2-12-9(14)11-1-3-13-5-7-15-8-6-13/h9,11-12H,1-8,10H2. The van der Waals surface area contributed by atoms with Gasteiger partial charge in [-0.05, 0) is 0 Å². The number of nitrogens with one attached hydrogen (secondary N) is 2. The van der Waals surface area contributed by atoms with Crippen molar-refractivity contribution in [3.8, 4) is 0 Å². The normalized spacial score (nSPS) is 29.8. The molecule has 6 nitrogen and oxygen atoms in total. The minimum absolute atomic E-state index is 0.144. The predicted molar refractivity (Wildman–Crippen MR) is 57.9 cm³/mol. The Kier molecular flexibility index (Phi) is 4.30. The molecular weight excluding hydrogens is 194 g/mol. The van der Waals surface area contributed by atoms with E-state index in [1.165, 1.54) is 0 Å². The lowest BCUT2D eigenvalue weighted by atomic mass is 10.4. The van der Waals surface area contributed by atoms with Crippen LogP contribution in [0.1, 0.15) is 0 Å². The molecule has 1 unspecified atom stereocenters. The van der Waals surface area contributed by atoms with Crippen LogP contribution in [0.25, 0.3) is 0 Å². The maximum Gasteiger partial charge on any atom is 0.127 e. The van der Waals surface area contributed by atoms with Crippen LogP contribution in [-0.2, 0) is 4.74 Å². The summed E-state index contributed by atoms with van der Waals surface area (Å²) in [5.41, 5.74) is 0. The van der Waals surface area contributed by atoms with Crippen LogP contribution in [0.5, 0.6) is 0 Å². The van der Waals surface area contributed by atoms with Crippen molar-refractivity contribution in [3.05, 3.63) is 0 Å². The third-order valence-corrected chi connectivity index (χ3v) is 2.91. The Morgan fingerprint density at radius 2 is 2.13 bits per heavy atom. The van der Waals surface area contributed by atoms with E-state index in [0.29, 0.717) is 0 Å². The van der Waals surface area contributed by atoms with Gasteiger partial charge in [-0.15, -0.1) is 0 Å². The summed E-state index contributed by atoms with van der Waals surface area (Å²) in [5, 5.41) is 8.48. The van der Waals surface area contributed by atoms with Gasteiger partial charge >= 0.3 is 0 Å². The second kappa shape index (κ2) is 5.74. The van der Waals surface area contributed by atoms with Crippen LogP contribution in [0.3, 0.4) is 0 Å². The Morgan fingerprint density at radius 1 is 1.33 bits per heavy atom. The van der Waals surface area contributed by atoms with Gasteiger partial charge in [0.05, 0.1) is 13.2 Å². The number of rotatable bonds is 4. The molecule has 0 aromatic carbocycles. The third kappa shape index (κ3) is 3.37. The van der Waals surface area contributed by atoms with Gasteiger partial charge in [0.15, 0.2) is 0 Å². The zero-order valence-electron chi connectivity index (χ0n) is 9.11. The molecule has 2 saturated heterocycles. The third-order valence-electron chi connectivity index (χ3n) is 2.91. The van der Waals surface area contributed by atoms with E-state index in [1.807, 2.05) is 0 Å². The largest absolute Gasteiger partial charge is 0.379 e. The molecule has 2 rings (SSSR count). The van der Waals surface area contributed by atoms with Crippen LogP contribution < -0.4 is 16.5 Å². The monoisotopic (exact) mass is 215 g/mol. The van der Waals surface area contributed by atoms with Crippen LogP contribution in [0.15, 0.2) is 0 Å². The highest BCUT2D eigenvalue weighted by Crippen LogP contribution is 1.96. The highest BCUT2D eigenvalue weighted by Gasteiger charge is 2.19. The minimum atomic E-state index is 0.144. The van der Waals surface area contributed by atoms with Crippen LogP contribution >= 0.6 is 0 Å². The maximum atomic E-state index is 5.77. The number of hydrogen-bond acceptors (Lipinski definition) is 6. The first-order valence-electron chi connectivity index (χ1n) is 5.64. The molecule has 0 spiro atoms. The molecule has 0 bridgehead atoms. The summed E-state index contributed by atoms with van der Waals surface area (Å²) in [7, 11) is 0. The number of hydrazine groups is 1. The van der Waals surface area contributed by atoms with E-state index in [1.54, 1.807) is 5.01 Å². The van der Waals surface area contributed by atoms with Crippen molar-refractivity contribution >= 4 is 0 Å². The Balaban J connectivity index is 1.57. The van der Waals surface area contributed by atoms with Gasteiger partial charge in [-0.2, -0.15) is 0 Å². The summed E-state index contributed by atoms with van der Waals surface area (Å²) in [4.78, 5) is 2.41. The first-order chi connectivity index (χ1) is 7.36. The van der Waals surface area contributed by atoms with Crippen molar-refractivity contribution in [1.29, 1.82) is 0 Å². The molecule has 4 N–H and O–H groups in total. The lowest BCUT2D eigenvalue weighted by Gasteiger charge is -2.28. The van der Waals surface area contributed by atoms with Crippen LogP contribution in [-0.4, -0.2) is 68.7 Å². The average Bonchev–Trinajstić information content (AvgIpc) is 2.66. The second-order valence-electron chi connectivity index (χ2n) is 4.00. The van der Waals surface area contributed by atoms with E-state index < -0.39 is 0 Å². The van der Waals surface area contributed by atoms with Crippen LogP contribution in [0.2, 0.25) is 0 Å². The summed E-state index contributed by atoms with van der Waals surface area (Å²) in [6.07, 6.45) is 0.144. The first-order valence-corrected chi connectivity index (χ1v) is 5.64. The molecule has 0 aromatic rings. The summed E-state index contributed by atoms with van der Waals surface area (Å²) in [6.45, 7) is 7.73. The number of hydrogen-bond donors (Lipinski definition) is 3. The van der Waals surface area contributed by atoms with Gasteiger partial charge < -0.3 is 4.74 Å². The van der Waals surface area contributed by atoms with Gasteiger partial charge in [-0.1, -0.05) is 0 Å². The van der Waals surface area contributed by atoms with Crippen molar-refractivity contribution in [3.63, 3.8) is 0 Å². The molecule has 0 aliphatic carbocycles. The van der Waals surface area contributed by atoms with Gasteiger partial charge in [-0.25, -0.2) is 5.01 Å². The topological polar surface area (TPSA) is 65.8 Å². The number of ether oxygens (including phenoxy) is 1. The van der Waals surface area contributed by atoms with E-state index in [-0.39, 0.29) is 6.29 Å². The van der Waals surface area contributed by atoms with Crippen molar-refractivity contribution < 1.29 is 4.74 Å². The molecule has 0 aromatic heterocycles. The van der Waals surface area contributed by atoms with Crippen LogP contribution in [0, 0.1) is 0 Å². The van der Waals surface area contributed by atoms with E-state index in [2.05, 4.69) is 15.5 Å². The SMILES string of the molecule is NN1CCNC1NCCN1CCOCC1. The first kappa shape index (κ1) is 11.3. The molecule has 0 amide bonds. The van der Waals surface area contributed by atoms with Gasteiger partial charge in [0, 0.05) is 39.3 Å². The summed E-state index contributed by atoms with van der Waals surface area (Å²) in [6, 6.07) is 0. The highest BCUT2D eigenvalue weighted by molar-refractivity contribution is 4.72. The van der Waals surface area contributed by atoms with Gasteiger partial charge in [0.1, 0.15) is 6.29 Å². The lowest BCUT2D eigenvalue weighted by Crippen LogP contribution is -2.52. The summed E-state index contributed by atoms with van der Waals surface area (Å²) >= 11 is 0. The zero-order chi connectivity index (χ0) is 10.5. The fraction of sp³-hybridized carbons (Fsp3) is 1.00. The van der Waals surface area contributed by atoms with Gasteiger partial charge in [0.2, 0.25) is 0 Å². The van der Waals surface area contributed by atoms with Crippen molar-refractivity contribution in [2.75, 3.05) is 52.5 Å². The molecule has 2 aliphatic heterocycles. The average molecular weight is 215 g/mol. The Hall–Kier alpha value is -0.240. The number of morpholine rings is 1. The number of nitrogens with zero attached hydrogens (tertiary/aromatic N) is 2. The Labute approximate surface area is 90.7 Å². The van der Waals surface area contributed by atoms with Crippen LogP contribution in [0.4, 0.5) is 0 Å². The lowest BCUT2D eigenvalue weighted by molar-refractivity contribution is 0.0371. The smallest absolute Gasteiger partial charge is 0.127 e. The molecule has 0 radical (unpaired) electrons. The molecular formula is C9H21N5O. The predicted octanol–water partition coefficient (Wildman–Crippen LogP) is -2.03. The van der Waals surface area contributed by atoms with Crippen molar-refractivity contribution in [2.24, 2.45) is 5.84 Å². The number of nitrogens with two attached hydrogens (primary N) is 1. The molecule has 2 fully saturated rings. The van der Waals surface area contributed by atoms with Crippen molar-refractivity contribution in [1.82, 2.24) is 20.5 Å². The molecule has 0 saturated carbocycles. The minimum Gasteiger partial charge on any atom is -0.379 e. The molecule has 1 atom stereocenters. The van der Waals surface area contributed by atoms with Crippen molar-refractivity contribution in [2.45, 2.75) is 6.29 Å². The second-order valence-corrected chi connectivity index (χ2v) is 4.00. The van der Waals surface area contributed by atoms with E-state index in [9.17, 15) is 0 Å². The summed E-state index contributed by atoms with van der Waals surface area (Å²) in [5.74, 6) is 5.77. The molecule has 88 valence electrons. The van der Waals surface area contributed by atoms with E-state index in [4.69, 9.17) is 10.6 Å². The van der Waals surface area contributed by atoms with Gasteiger partial charge in [-0.3, -0.25) is 21.4 Å². The summed E-state index contributed by atoms with van der Waals surface area (Å²) < 4.78 is 5.29. The molecule has 6 heteroatoms. The molecule has 15 heavy (non-hydrogen) atoms. The Morgan fingerprint density at radius 3 is 2.80 bits per heavy atom. The molecule has 2 aliphatic rings. The maximum absolute atomic E-state index is 5.77. The highest BCUT2D eigenvalue weighted by atomic mass is 16.5. The fourth-order valence-electron chi connectivity index (χ4n) is 1.95. The Bertz CT molecular complexity index is 185. The quantitative estimate of drug-likeness (QED) is 0.470. The fourth-order valence-corrected chi connectivity index (χ4v) is 1.95. The zero-order valence-corrected chi connectivity index (χ0v) is 9.11.